The number of aldehydes is 1. The van der Waals surface area contributed by atoms with Gasteiger partial charge >= 0.3 is 5.97 Å². The van der Waals surface area contributed by atoms with Crippen LogP contribution in [0.2, 0.25) is 0 Å². The van der Waals surface area contributed by atoms with Crippen LogP contribution in [0.25, 0.3) is 0 Å². The smallest absolute Gasteiger partial charge is 0.309 e. The molecular weight excluding hydrogens is 797 g/mol. The Hall–Kier alpha value is -2.00. The number of esters is 1. The second kappa shape index (κ2) is 20.6. The third-order valence-electron chi connectivity index (χ3n) is 9.93. The van der Waals surface area contributed by atoms with Crippen LogP contribution in [0.5, 0.6) is 0 Å². The van der Waals surface area contributed by atoms with Crippen LogP contribution >= 0.6 is 22.6 Å². The highest BCUT2D eigenvalue weighted by molar-refractivity contribution is 14.1. The molecule has 0 bridgehead atoms. The number of alkyl halides is 1. The van der Waals surface area contributed by atoms with Crippen LogP contribution < -0.4 is 0 Å². The topological polar surface area (TPSA) is 200 Å². The number of carbonyl (C=O) groups is 3. The van der Waals surface area contributed by atoms with Crippen LogP contribution in [-0.2, 0) is 47.5 Å². The Bertz CT molecular complexity index is 1280. The van der Waals surface area contributed by atoms with Gasteiger partial charge in [0.15, 0.2) is 28.0 Å². The zero-order chi connectivity index (χ0) is 38.9. The number of allylic oxidation sites excluding steroid dienone is 3. The number of likely N-dealkylation sites (N-methyl/N-ethyl adjacent to an activating group) is 1. The number of cyclic esters (lactones) is 1. The van der Waals surface area contributed by atoms with Gasteiger partial charge < -0.3 is 63.3 Å². The first-order chi connectivity index (χ1) is 24.5. The summed E-state index contributed by atoms with van der Waals surface area (Å²) in [5, 5.41) is 43.6. The molecule has 0 aromatic carbocycles. The molecule has 6 unspecified atom stereocenters. The summed E-state index contributed by atoms with van der Waals surface area (Å²) in [5.41, 5.74) is 0.675. The van der Waals surface area contributed by atoms with E-state index in [0.29, 0.717) is 11.9 Å². The SMILES string of the molecule is COC1C(O)=CO[C@@H](OCC2/C=C(C)/C=C/C(=O)[C@H](C)C[C@H](CC=O)[C@H](O[C@@H]3OC(C)[C@@H](O)C(N(C)C)C3O)[C@@H](C)[C@H](O)CC(=O)O[C@@H]2I)C1OC. The number of carbonyl (C=O) groups excluding carboxylic acids is 3. The molecule has 296 valence electrons. The van der Waals surface area contributed by atoms with Crippen LogP contribution in [0.4, 0.5) is 0 Å². The van der Waals surface area contributed by atoms with E-state index in [9.17, 15) is 34.8 Å². The number of hydrogen-bond donors (Lipinski definition) is 4. The van der Waals surface area contributed by atoms with Crippen LogP contribution in [0.1, 0.15) is 47.0 Å². The number of hydrogen-bond acceptors (Lipinski definition) is 15. The number of aliphatic hydroxyl groups excluding tert-OH is 4. The minimum absolute atomic E-state index is 0.0288. The van der Waals surface area contributed by atoms with Gasteiger partial charge in [-0.2, -0.15) is 0 Å². The summed E-state index contributed by atoms with van der Waals surface area (Å²) >= 11 is 1.96. The maximum Gasteiger partial charge on any atom is 0.309 e. The monoisotopic (exact) mass is 853 g/mol. The van der Waals surface area contributed by atoms with E-state index in [1.807, 2.05) is 22.6 Å². The third-order valence-corrected chi connectivity index (χ3v) is 11.1. The maximum atomic E-state index is 13.4. The fourth-order valence-corrected chi connectivity index (χ4v) is 7.54. The van der Waals surface area contributed by atoms with E-state index in [0.717, 1.165) is 6.26 Å². The van der Waals surface area contributed by atoms with Gasteiger partial charge in [0.1, 0.15) is 24.8 Å². The highest BCUT2D eigenvalue weighted by atomic mass is 127. The standard InChI is InChI=1S/C36H56INO14/c1-18-9-10-24(40)19(2)14-22(11-12-39)31(52-35-30(45)28(38(5)6)29(44)21(4)50-35)20(3)25(41)15-27(43)51-34(37)23(13-18)16-48-36-33(47-8)32(46-7)26(42)17-49-36/h9-10,12-13,17,19-23,25,28-36,41-42,44-45H,11,14-16H2,1-8H3/b10-9+,18-13+/t19-,20+,21?,22+,23?,25-,28?,29-,30?,31-,32?,33?,34+,35+,36-/m1/s1. The molecule has 16 heteroatoms. The number of ketones is 1. The number of methoxy groups -OCH3 is 2. The summed E-state index contributed by atoms with van der Waals surface area (Å²) in [5.74, 6) is -3.63. The van der Waals surface area contributed by atoms with Gasteiger partial charge in [-0.25, -0.2) is 0 Å². The highest BCUT2D eigenvalue weighted by Crippen LogP contribution is 2.34. The second-order valence-corrected chi connectivity index (χ2v) is 15.3. The van der Waals surface area contributed by atoms with Gasteiger partial charge in [0.2, 0.25) is 6.29 Å². The van der Waals surface area contributed by atoms with Gasteiger partial charge in [-0.15, -0.1) is 0 Å². The van der Waals surface area contributed by atoms with Crippen LogP contribution in [0.15, 0.2) is 35.8 Å². The van der Waals surface area contributed by atoms with Crippen LogP contribution in [-0.4, -0.2) is 144 Å². The Morgan fingerprint density at radius 1 is 1.02 bits per heavy atom. The van der Waals surface area contributed by atoms with Gasteiger partial charge in [-0.1, -0.05) is 31.6 Å². The van der Waals surface area contributed by atoms with E-state index in [1.54, 1.807) is 58.8 Å². The van der Waals surface area contributed by atoms with E-state index in [1.165, 1.54) is 20.3 Å². The summed E-state index contributed by atoms with van der Waals surface area (Å²) in [6.07, 6.45) is -2.74. The Kier molecular flexibility index (Phi) is 17.6. The summed E-state index contributed by atoms with van der Waals surface area (Å²) in [7, 11) is 6.26. The Balaban J connectivity index is 1.93. The van der Waals surface area contributed by atoms with Crippen molar-refractivity contribution in [2.24, 2.45) is 23.7 Å². The molecule has 52 heavy (non-hydrogen) atoms. The first-order valence-electron chi connectivity index (χ1n) is 17.4. The van der Waals surface area contributed by atoms with Crippen molar-refractivity contribution in [1.29, 1.82) is 0 Å². The molecule has 0 radical (unpaired) electrons. The zero-order valence-electron chi connectivity index (χ0n) is 31.1. The predicted octanol–water partition coefficient (Wildman–Crippen LogP) is 2.19. The van der Waals surface area contributed by atoms with Crippen molar-refractivity contribution < 1.29 is 68.0 Å². The van der Waals surface area contributed by atoms with Gasteiger partial charge in [0, 0.05) is 38.4 Å². The molecule has 3 heterocycles. The molecule has 0 aromatic rings. The number of nitrogens with zero attached hydrogens (tertiary/aromatic N) is 1. The molecule has 0 spiro atoms. The molecule has 1 saturated heterocycles. The zero-order valence-corrected chi connectivity index (χ0v) is 33.2. The number of rotatable bonds is 10. The molecule has 0 aromatic heterocycles. The first kappa shape index (κ1) is 44.4. The lowest BCUT2D eigenvalue weighted by atomic mass is 9.79. The quantitative estimate of drug-likeness (QED) is 0.108. The molecule has 15 atom stereocenters. The lowest BCUT2D eigenvalue weighted by Crippen LogP contribution is -2.63. The molecule has 0 saturated carbocycles. The van der Waals surface area contributed by atoms with E-state index in [-0.39, 0.29) is 31.0 Å². The van der Waals surface area contributed by atoms with Crippen molar-refractivity contribution in [2.45, 2.75) is 112 Å². The molecular formula is C36H56INO14. The van der Waals surface area contributed by atoms with Crippen molar-refractivity contribution in [3.8, 4) is 0 Å². The van der Waals surface area contributed by atoms with Crippen LogP contribution in [0, 0.1) is 23.7 Å². The van der Waals surface area contributed by atoms with Gasteiger partial charge in [0.25, 0.3) is 0 Å². The van der Waals surface area contributed by atoms with Gasteiger partial charge in [-0.3, -0.25) is 9.59 Å². The van der Waals surface area contributed by atoms with Crippen LogP contribution in [0.3, 0.4) is 0 Å². The summed E-state index contributed by atoms with van der Waals surface area (Å²) in [6, 6.07) is -0.741. The normalized spacial score (nSPS) is 41.7. The minimum Gasteiger partial charge on any atom is -0.506 e. The summed E-state index contributed by atoms with van der Waals surface area (Å²) in [4.78, 5) is 40.4. The average Bonchev–Trinajstić information content (AvgIpc) is 3.08. The molecule has 15 nitrogen and oxygen atoms in total. The van der Waals surface area contributed by atoms with E-state index in [4.69, 9.17) is 33.2 Å². The molecule has 1 fully saturated rings. The van der Waals surface area contributed by atoms with E-state index in [2.05, 4.69) is 0 Å². The van der Waals surface area contributed by atoms with Crippen molar-refractivity contribution in [3.05, 3.63) is 35.8 Å². The fourth-order valence-electron chi connectivity index (χ4n) is 6.84. The second-order valence-electron chi connectivity index (χ2n) is 14.1. The Morgan fingerprint density at radius 2 is 1.71 bits per heavy atom. The van der Waals surface area contributed by atoms with Crippen molar-refractivity contribution in [3.63, 3.8) is 0 Å². The first-order valence-corrected chi connectivity index (χ1v) is 18.7. The molecule has 4 N–H and O–H groups in total. The van der Waals surface area contributed by atoms with E-state index < -0.39 is 102 Å². The average molecular weight is 854 g/mol. The Morgan fingerprint density at radius 3 is 2.33 bits per heavy atom. The van der Waals surface area contributed by atoms with Crippen molar-refractivity contribution >= 4 is 40.6 Å². The minimum atomic E-state index is -1.32. The fraction of sp³-hybridized carbons (Fsp3) is 0.750. The molecule has 0 aliphatic carbocycles. The summed E-state index contributed by atoms with van der Waals surface area (Å²) < 4.78 is 39.7. The Labute approximate surface area is 319 Å². The third kappa shape index (κ3) is 11.5. The lowest BCUT2D eigenvalue weighted by molar-refractivity contribution is -0.304. The largest absolute Gasteiger partial charge is 0.506 e. The maximum absolute atomic E-state index is 13.4. The van der Waals surface area contributed by atoms with Gasteiger partial charge in [-0.05, 0) is 68.9 Å². The predicted molar refractivity (Wildman–Crippen MR) is 195 cm³/mol. The lowest BCUT2D eigenvalue weighted by Gasteiger charge is -2.46. The molecule has 3 aliphatic rings. The molecule has 3 aliphatic heterocycles. The summed E-state index contributed by atoms with van der Waals surface area (Å²) in [6.45, 7) is 6.80. The van der Waals surface area contributed by atoms with Crippen molar-refractivity contribution in [1.82, 2.24) is 4.90 Å². The number of ether oxygens (including phenoxy) is 7. The van der Waals surface area contributed by atoms with Gasteiger partial charge in [0.05, 0.1) is 43.5 Å². The molecule has 3 rings (SSSR count). The van der Waals surface area contributed by atoms with E-state index >= 15 is 0 Å². The highest BCUT2D eigenvalue weighted by Gasteiger charge is 2.47. The molecule has 0 amide bonds. The van der Waals surface area contributed by atoms with Crippen molar-refractivity contribution in [2.75, 3.05) is 34.9 Å². The number of aliphatic hydroxyl groups is 4. The number of halogens is 1.